The number of nitrogens with zero attached hydrogens (tertiary/aromatic N) is 3. The topological polar surface area (TPSA) is 71.7 Å². The van der Waals surface area contributed by atoms with Gasteiger partial charge in [0.25, 0.3) is 5.91 Å². The summed E-state index contributed by atoms with van der Waals surface area (Å²) in [5, 5.41) is 0.886. The summed E-state index contributed by atoms with van der Waals surface area (Å²) >= 11 is 13.7. The number of aromatic nitrogens is 1. The number of amides is 1. The Balaban J connectivity index is 1.95. The maximum atomic E-state index is 13.2. The zero-order chi connectivity index (χ0) is 25.6. The van der Waals surface area contributed by atoms with Gasteiger partial charge >= 0.3 is 0 Å². The van der Waals surface area contributed by atoms with Gasteiger partial charge in [0, 0.05) is 23.7 Å². The minimum Gasteiger partial charge on any atom is -0.303 e. The summed E-state index contributed by atoms with van der Waals surface area (Å²) in [4.78, 5) is 17.7. The molecule has 0 bridgehead atoms. The molecule has 0 saturated carbocycles. The van der Waals surface area contributed by atoms with E-state index in [4.69, 9.17) is 29.6 Å². The molecule has 0 spiro atoms. The second-order valence-corrected chi connectivity index (χ2v) is 11.8. The van der Waals surface area contributed by atoms with Gasteiger partial charge in [-0.15, -0.1) is 6.42 Å². The molecular formula is C25H27Cl2N3O3S2. The first-order valence-corrected chi connectivity index (χ1v) is 14.3. The molecule has 1 amide bonds. The van der Waals surface area contributed by atoms with Crippen molar-refractivity contribution < 1.29 is 13.2 Å². The smallest absolute Gasteiger partial charge is 0.279 e. The van der Waals surface area contributed by atoms with Gasteiger partial charge < -0.3 is 4.57 Å². The number of unbranched alkanes of at least 4 members (excludes halogenated alkanes) is 2. The van der Waals surface area contributed by atoms with E-state index in [-0.39, 0.29) is 17.0 Å². The Labute approximate surface area is 220 Å². The number of rotatable bonds is 10. The molecule has 0 atom stereocenters. The first kappa shape index (κ1) is 27.4. The fourth-order valence-corrected chi connectivity index (χ4v) is 6.87. The molecule has 10 heteroatoms. The third-order valence-electron chi connectivity index (χ3n) is 5.40. The average Bonchev–Trinajstić information content (AvgIpc) is 3.16. The van der Waals surface area contributed by atoms with Crippen LogP contribution in [0.4, 0.5) is 0 Å². The highest BCUT2D eigenvalue weighted by Crippen LogP contribution is 2.29. The molecule has 0 aliphatic carbocycles. The van der Waals surface area contributed by atoms with Crippen LogP contribution in [0.1, 0.15) is 49.9 Å². The van der Waals surface area contributed by atoms with Crippen molar-refractivity contribution in [1.29, 1.82) is 0 Å². The standard InChI is InChI=1S/C25H27Cl2N3O3S2/c1-4-7-14-29(15-8-5-2)35(32,33)20-11-9-18(10-12-20)24(31)28-25-30(13-6-3)23-21(27)16-19(26)17-22(23)34-25/h3,9-12,16-17H,4-5,7-8,13-15H2,1-2H3. The SMILES string of the molecule is C#CCn1c(=NC(=O)c2ccc(S(=O)(=O)N(CCCC)CCCC)cc2)sc2cc(Cl)cc(Cl)c21. The maximum Gasteiger partial charge on any atom is 0.279 e. The van der Waals surface area contributed by atoms with Crippen LogP contribution in [0.2, 0.25) is 10.0 Å². The normalized spacial score (nSPS) is 12.4. The lowest BCUT2D eigenvalue weighted by atomic mass is 10.2. The van der Waals surface area contributed by atoms with E-state index in [1.165, 1.54) is 39.9 Å². The fourth-order valence-electron chi connectivity index (χ4n) is 3.54. The minimum absolute atomic E-state index is 0.159. The summed E-state index contributed by atoms with van der Waals surface area (Å²) in [6.07, 6.45) is 8.91. The number of terminal acetylenes is 1. The first-order chi connectivity index (χ1) is 16.7. The number of thiazole rings is 1. The zero-order valence-corrected chi connectivity index (χ0v) is 22.8. The molecule has 0 radical (unpaired) electrons. The molecule has 3 rings (SSSR count). The molecule has 0 aliphatic heterocycles. The van der Waals surface area contributed by atoms with Crippen LogP contribution in [-0.4, -0.2) is 36.3 Å². The molecular weight excluding hydrogens is 525 g/mol. The van der Waals surface area contributed by atoms with E-state index in [1.807, 2.05) is 13.8 Å². The Morgan fingerprint density at radius 1 is 1.11 bits per heavy atom. The Hall–Kier alpha value is -2.15. The molecule has 2 aromatic carbocycles. The summed E-state index contributed by atoms with van der Waals surface area (Å²) < 4.78 is 30.3. The summed E-state index contributed by atoms with van der Waals surface area (Å²) in [5.41, 5.74) is 0.928. The van der Waals surface area contributed by atoms with E-state index < -0.39 is 15.9 Å². The number of hydrogen-bond acceptors (Lipinski definition) is 4. The van der Waals surface area contributed by atoms with Crippen LogP contribution < -0.4 is 4.80 Å². The van der Waals surface area contributed by atoms with Crippen molar-refractivity contribution >= 4 is 60.7 Å². The van der Waals surface area contributed by atoms with Gasteiger partial charge in [0.1, 0.15) is 0 Å². The van der Waals surface area contributed by atoms with Crippen molar-refractivity contribution in [2.75, 3.05) is 13.1 Å². The van der Waals surface area contributed by atoms with Crippen molar-refractivity contribution in [3.8, 4) is 12.3 Å². The van der Waals surface area contributed by atoms with Crippen LogP contribution in [0, 0.1) is 12.3 Å². The van der Waals surface area contributed by atoms with Crippen molar-refractivity contribution in [3.63, 3.8) is 0 Å². The molecule has 186 valence electrons. The number of hydrogen-bond donors (Lipinski definition) is 0. The third-order valence-corrected chi connectivity index (χ3v) is 8.85. The van der Waals surface area contributed by atoms with Crippen LogP contribution in [0.25, 0.3) is 10.2 Å². The zero-order valence-electron chi connectivity index (χ0n) is 19.6. The van der Waals surface area contributed by atoms with Crippen molar-refractivity contribution in [1.82, 2.24) is 8.87 Å². The molecule has 0 fully saturated rings. The lowest BCUT2D eigenvalue weighted by Crippen LogP contribution is -2.33. The highest BCUT2D eigenvalue weighted by Gasteiger charge is 2.24. The van der Waals surface area contributed by atoms with Crippen molar-refractivity contribution in [2.45, 2.75) is 51.0 Å². The number of carbonyl (C=O) groups is 1. The van der Waals surface area contributed by atoms with Gasteiger partial charge in [0.2, 0.25) is 10.0 Å². The monoisotopic (exact) mass is 551 g/mol. The van der Waals surface area contributed by atoms with Crippen LogP contribution in [0.5, 0.6) is 0 Å². The fraction of sp³-hybridized carbons (Fsp3) is 0.360. The first-order valence-electron chi connectivity index (χ1n) is 11.3. The van der Waals surface area contributed by atoms with E-state index in [9.17, 15) is 13.2 Å². The Morgan fingerprint density at radius 3 is 2.31 bits per heavy atom. The predicted octanol–water partition coefficient (Wildman–Crippen LogP) is 5.97. The Bertz CT molecular complexity index is 1410. The van der Waals surface area contributed by atoms with Crippen LogP contribution in [0.15, 0.2) is 46.3 Å². The van der Waals surface area contributed by atoms with Gasteiger partial charge in [-0.3, -0.25) is 4.79 Å². The van der Waals surface area contributed by atoms with Crippen molar-refractivity contribution in [2.24, 2.45) is 4.99 Å². The highest BCUT2D eigenvalue weighted by atomic mass is 35.5. The number of fused-ring (bicyclic) bond motifs is 1. The molecule has 1 aromatic heterocycles. The average molecular weight is 553 g/mol. The molecule has 0 unspecified atom stereocenters. The quantitative estimate of drug-likeness (QED) is 0.291. The number of sulfonamides is 1. The number of carbonyl (C=O) groups excluding carboxylic acids is 1. The van der Waals surface area contributed by atoms with Crippen LogP contribution in [-0.2, 0) is 16.6 Å². The number of halogens is 2. The van der Waals surface area contributed by atoms with E-state index in [2.05, 4.69) is 10.9 Å². The Kier molecular flexibility index (Phi) is 9.56. The summed E-state index contributed by atoms with van der Waals surface area (Å²) in [6.45, 7) is 5.18. The van der Waals surface area contributed by atoms with Crippen molar-refractivity contribution in [3.05, 3.63) is 56.8 Å². The van der Waals surface area contributed by atoms with E-state index in [0.717, 1.165) is 30.4 Å². The molecule has 3 aromatic rings. The minimum atomic E-state index is -3.65. The summed E-state index contributed by atoms with van der Waals surface area (Å²) in [5.74, 6) is 2.04. The number of benzene rings is 2. The third kappa shape index (κ3) is 6.35. The van der Waals surface area contributed by atoms with Gasteiger partial charge in [-0.2, -0.15) is 9.30 Å². The molecule has 1 heterocycles. The van der Waals surface area contributed by atoms with Crippen LogP contribution >= 0.6 is 34.5 Å². The second-order valence-electron chi connectivity index (χ2n) is 7.96. The highest BCUT2D eigenvalue weighted by molar-refractivity contribution is 7.89. The predicted molar refractivity (Wildman–Crippen MR) is 144 cm³/mol. The molecule has 35 heavy (non-hydrogen) atoms. The Morgan fingerprint density at radius 2 is 1.74 bits per heavy atom. The van der Waals surface area contributed by atoms with Crippen LogP contribution in [0.3, 0.4) is 0 Å². The van der Waals surface area contributed by atoms with Gasteiger partial charge in [0.15, 0.2) is 4.80 Å². The molecule has 0 aliphatic rings. The maximum absolute atomic E-state index is 13.2. The molecule has 0 N–H and O–H groups in total. The lowest BCUT2D eigenvalue weighted by Gasteiger charge is -2.22. The van der Waals surface area contributed by atoms with E-state index in [0.29, 0.717) is 33.5 Å². The molecule has 6 nitrogen and oxygen atoms in total. The van der Waals surface area contributed by atoms with Gasteiger partial charge in [-0.05, 0) is 49.2 Å². The van der Waals surface area contributed by atoms with E-state index >= 15 is 0 Å². The largest absolute Gasteiger partial charge is 0.303 e. The summed E-state index contributed by atoms with van der Waals surface area (Å²) in [6, 6.07) is 9.24. The van der Waals surface area contributed by atoms with Gasteiger partial charge in [-0.1, -0.05) is 67.1 Å². The van der Waals surface area contributed by atoms with Gasteiger partial charge in [0.05, 0.1) is 26.7 Å². The lowest BCUT2D eigenvalue weighted by molar-refractivity contribution is 0.0998. The summed E-state index contributed by atoms with van der Waals surface area (Å²) in [7, 11) is -3.65. The second kappa shape index (κ2) is 12.2. The van der Waals surface area contributed by atoms with E-state index in [1.54, 1.807) is 16.7 Å². The molecule has 0 saturated heterocycles. The van der Waals surface area contributed by atoms with Gasteiger partial charge in [-0.25, -0.2) is 8.42 Å².